The first kappa shape index (κ1) is 13.1. The van der Waals surface area contributed by atoms with Gasteiger partial charge < -0.3 is 21.3 Å². The number of hydrogen-bond donors (Lipinski definition) is 3. The van der Waals surface area contributed by atoms with Crippen LogP contribution >= 0.6 is 0 Å². The predicted octanol–water partition coefficient (Wildman–Crippen LogP) is -0.709. The Bertz CT molecular complexity index is 402. The van der Waals surface area contributed by atoms with Gasteiger partial charge in [-0.25, -0.2) is 4.79 Å². The van der Waals surface area contributed by atoms with Crippen molar-refractivity contribution < 1.29 is 19.4 Å². The molecular weight excluding hydrogens is 224 g/mol. The summed E-state index contributed by atoms with van der Waals surface area (Å²) < 4.78 is 4.38. The van der Waals surface area contributed by atoms with Crippen LogP contribution < -0.4 is 11.5 Å². The van der Waals surface area contributed by atoms with Gasteiger partial charge in [0.05, 0.1) is 6.54 Å². The van der Waals surface area contributed by atoms with Gasteiger partial charge in [0, 0.05) is 0 Å². The highest BCUT2D eigenvalue weighted by atomic mass is 16.6. The maximum atomic E-state index is 11.3. The Labute approximate surface area is 98.2 Å². The molecule has 0 amide bonds. The van der Waals surface area contributed by atoms with Gasteiger partial charge in [-0.3, -0.25) is 4.79 Å². The van der Waals surface area contributed by atoms with Crippen LogP contribution in [0.25, 0.3) is 0 Å². The molecule has 0 aliphatic heterocycles. The summed E-state index contributed by atoms with van der Waals surface area (Å²) in [4.78, 5) is 22.1. The summed E-state index contributed by atoms with van der Waals surface area (Å²) >= 11 is 0. The quantitative estimate of drug-likeness (QED) is 0.471. The van der Waals surface area contributed by atoms with Crippen molar-refractivity contribution >= 4 is 11.9 Å². The highest BCUT2D eigenvalue weighted by Gasteiger charge is 2.18. The lowest BCUT2D eigenvalue weighted by Gasteiger charge is -2.09. The topological polar surface area (TPSA) is 116 Å². The summed E-state index contributed by atoms with van der Waals surface area (Å²) in [6.07, 6.45) is 0.219. The Hall–Kier alpha value is -1.92. The van der Waals surface area contributed by atoms with Gasteiger partial charge in [-0.1, -0.05) is 12.1 Å². The van der Waals surface area contributed by atoms with E-state index in [4.69, 9.17) is 16.6 Å². The SMILES string of the molecule is NCC(=O)OC(=O)[C@@H](N)Cc1ccc(O)cc1. The van der Waals surface area contributed by atoms with Crippen LogP contribution in [0.4, 0.5) is 0 Å². The molecule has 1 rings (SSSR count). The number of ether oxygens (including phenoxy) is 1. The van der Waals surface area contributed by atoms with E-state index in [1.165, 1.54) is 12.1 Å². The maximum absolute atomic E-state index is 11.3. The van der Waals surface area contributed by atoms with E-state index in [1.54, 1.807) is 12.1 Å². The summed E-state index contributed by atoms with van der Waals surface area (Å²) in [5.74, 6) is -1.49. The van der Waals surface area contributed by atoms with Crippen molar-refractivity contribution in [3.63, 3.8) is 0 Å². The third-order valence-corrected chi connectivity index (χ3v) is 2.08. The van der Waals surface area contributed by atoms with E-state index < -0.39 is 18.0 Å². The lowest BCUT2D eigenvalue weighted by molar-refractivity contribution is -0.159. The summed E-state index contributed by atoms with van der Waals surface area (Å²) in [7, 11) is 0. The Morgan fingerprint density at radius 3 is 2.41 bits per heavy atom. The summed E-state index contributed by atoms with van der Waals surface area (Å²) in [6, 6.07) is 5.30. The molecule has 0 radical (unpaired) electrons. The van der Waals surface area contributed by atoms with E-state index >= 15 is 0 Å². The van der Waals surface area contributed by atoms with Gasteiger partial charge in [0.25, 0.3) is 0 Å². The van der Waals surface area contributed by atoms with E-state index in [1.807, 2.05) is 0 Å². The van der Waals surface area contributed by atoms with Gasteiger partial charge in [-0.15, -0.1) is 0 Å². The first-order chi connectivity index (χ1) is 8.02. The van der Waals surface area contributed by atoms with Crippen LogP contribution in [0.5, 0.6) is 5.75 Å². The van der Waals surface area contributed by atoms with Crippen LogP contribution in [0, 0.1) is 0 Å². The van der Waals surface area contributed by atoms with Gasteiger partial charge in [0.2, 0.25) is 0 Å². The molecule has 5 N–H and O–H groups in total. The number of nitrogens with two attached hydrogens (primary N) is 2. The van der Waals surface area contributed by atoms with Crippen LogP contribution in [-0.4, -0.2) is 29.6 Å². The van der Waals surface area contributed by atoms with Gasteiger partial charge in [0.1, 0.15) is 11.8 Å². The van der Waals surface area contributed by atoms with Crippen molar-refractivity contribution in [1.82, 2.24) is 0 Å². The molecule has 6 heteroatoms. The van der Waals surface area contributed by atoms with Crippen LogP contribution in [-0.2, 0) is 20.7 Å². The number of rotatable bonds is 4. The molecule has 0 aliphatic carbocycles. The molecule has 0 fully saturated rings. The molecule has 0 aromatic heterocycles. The summed E-state index contributed by atoms with van der Waals surface area (Å²) in [6.45, 7) is -0.363. The molecule has 1 atom stereocenters. The van der Waals surface area contributed by atoms with Gasteiger partial charge in [-0.2, -0.15) is 0 Å². The molecule has 0 aliphatic rings. The normalized spacial score (nSPS) is 11.9. The molecular formula is C11H14N2O4. The standard InChI is InChI=1S/C11H14N2O4/c12-6-10(15)17-11(16)9(13)5-7-1-3-8(14)4-2-7/h1-4,9,14H,5-6,12-13H2/t9-/m0/s1. The first-order valence-electron chi connectivity index (χ1n) is 5.01. The van der Waals surface area contributed by atoms with Crippen molar-refractivity contribution in [2.75, 3.05) is 6.54 Å². The molecule has 1 aromatic carbocycles. The smallest absolute Gasteiger partial charge is 0.330 e. The Morgan fingerprint density at radius 2 is 1.88 bits per heavy atom. The van der Waals surface area contributed by atoms with E-state index in [0.717, 1.165) is 5.56 Å². The lowest BCUT2D eigenvalue weighted by Crippen LogP contribution is -2.36. The minimum atomic E-state index is -0.935. The average Bonchev–Trinajstić information content (AvgIpc) is 2.31. The fraction of sp³-hybridized carbons (Fsp3) is 0.273. The minimum Gasteiger partial charge on any atom is -0.508 e. The zero-order valence-corrected chi connectivity index (χ0v) is 9.13. The number of carbonyl (C=O) groups excluding carboxylic acids is 2. The van der Waals surface area contributed by atoms with Gasteiger partial charge >= 0.3 is 11.9 Å². The number of esters is 2. The molecule has 6 nitrogen and oxygen atoms in total. The summed E-state index contributed by atoms with van der Waals surface area (Å²) in [5.41, 5.74) is 11.3. The highest BCUT2D eigenvalue weighted by molar-refractivity contribution is 5.89. The second-order valence-electron chi connectivity index (χ2n) is 3.47. The minimum absolute atomic E-state index is 0.128. The van der Waals surface area contributed by atoms with Crippen LogP contribution in [0.3, 0.4) is 0 Å². The number of hydrogen-bond acceptors (Lipinski definition) is 6. The number of phenols is 1. The van der Waals surface area contributed by atoms with E-state index in [-0.39, 0.29) is 18.7 Å². The summed E-state index contributed by atoms with van der Waals surface area (Å²) in [5, 5.41) is 9.07. The molecule has 0 heterocycles. The van der Waals surface area contributed by atoms with E-state index in [0.29, 0.717) is 0 Å². The molecule has 0 bridgehead atoms. The van der Waals surface area contributed by atoms with Crippen molar-refractivity contribution in [2.24, 2.45) is 11.5 Å². The van der Waals surface area contributed by atoms with Crippen molar-refractivity contribution in [3.8, 4) is 5.75 Å². The number of benzene rings is 1. The van der Waals surface area contributed by atoms with E-state index in [9.17, 15) is 9.59 Å². The maximum Gasteiger partial charge on any atom is 0.330 e. The van der Waals surface area contributed by atoms with Gasteiger partial charge in [-0.05, 0) is 24.1 Å². The Kier molecular flexibility index (Phi) is 4.62. The molecule has 17 heavy (non-hydrogen) atoms. The van der Waals surface area contributed by atoms with Crippen LogP contribution in [0.1, 0.15) is 5.56 Å². The number of phenolic OH excluding ortho intramolecular Hbond substituents is 1. The zero-order valence-electron chi connectivity index (χ0n) is 9.13. The second-order valence-corrected chi connectivity index (χ2v) is 3.47. The molecule has 0 unspecified atom stereocenters. The first-order valence-corrected chi connectivity index (χ1v) is 5.01. The van der Waals surface area contributed by atoms with Crippen molar-refractivity contribution in [3.05, 3.63) is 29.8 Å². The average molecular weight is 238 g/mol. The molecule has 92 valence electrons. The van der Waals surface area contributed by atoms with Gasteiger partial charge in [0.15, 0.2) is 0 Å². The lowest BCUT2D eigenvalue weighted by atomic mass is 10.1. The predicted molar refractivity (Wildman–Crippen MR) is 59.9 cm³/mol. The molecule has 1 aromatic rings. The van der Waals surface area contributed by atoms with Crippen LogP contribution in [0.15, 0.2) is 24.3 Å². The fourth-order valence-electron chi connectivity index (χ4n) is 1.20. The third kappa shape index (κ3) is 4.21. The second kappa shape index (κ2) is 5.97. The van der Waals surface area contributed by atoms with Crippen molar-refractivity contribution in [2.45, 2.75) is 12.5 Å². The third-order valence-electron chi connectivity index (χ3n) is 2.08. The van der Waals surface area contributed by atoms with Crippen molar-refractivity contribution in [1.29, 1.82) is 0 Å². The van der Waals surface area contributed by atoms with E-state index in [2.05, 4.69) is 4.74 Å². The molecule has 0 saturated carbocycles. The monoisotopic (exact) mass is 238 g/mol. The highest BCUT2D eigenvalue weighted by Crippen LogP contribution is 2.11. The fourth-order valence-corrected chi connectivity index (χ4v) is 1.20. The Morgan fingerprint density at radius 1 is 1.29 bits per heavy atom. The number of aromatic hydroxyl groups is 1. The number of carbonyl (C=O) groups is 2. The molecule has 0 spiro atoms. The Balaban J connectivity index is 2.54. The zero-order chi connectivity index (χ0) is 12.8. The molecule has 0 saturated heterocycles. The van der Waals surface area contributed by atoms with Crippen LogP contribution in [0.2, 0.25) is 0 Å². The largest absolute Gasteiger partial charge is 0.508 e.